The Labute approximate surface area is 76.8 Å². The first-order chi connectivity index (χ1) is 5.66. The van der Waals surface area contributed by atoms with E-state index in [9.17, 15) is 10.1 Å². The van der Waals surface area contributed by atoms with Gasteiger partial charge in [0.15, 0.2) is 0 Å². The fraction of sp³-hybridized carbons (Fsp3) is 0.600. The molecular weight excluding hydrogens is 228 g/mol. The van der Waals surface area contributed by atoms with E-state index in [0.717, 1.165) is 6.42 Å². The van der Waals surface area contributed by atoms with E-state index in [-0.39, 0.29) is 5.82 Å². The van der Waals surface area contributed by atoms with Gasteiger partial charge in [-0.25, -0.2) is 4.68 Å². The van der Waals surface area contributed by atoms with Crippen LogP contribution < -0.4 is 0 Å². The minimum atomic E-state index is -0.566. The zero-order valence-corrected chi connectivity index (χ0v) is 7.98. The van der Waals surface area contributed by atoms with Crippen LogP contribution in [0.5, 0.6) is 0 Å². The molecule has 0 bridgehead atoms. The topological polar surface area (TPSA) is 73.8 Å². The van der Waals surface area contributed by atoms with Crippen LogP contribution >= 0.6 is 15.9 Å². The zero-order chi connectivity index (χ0) is 9.14. The minimum Gasteiger partial charge on any atom is -0.358 e. The summed E-state index contributed by atoms with van der Waals surface area (Å²) < 4.78 is 1.78. The van der Waals surface area contributed by atoms with Gasteiger partial charge in [0.05, 0.1) is 5.21 Å². The molecule has 0 N–H and O–H groups in total. The highest BCUT2D eigenvalue weighted by molar-refractivity contribution is 9.10. The molecular formula is C5H7BrN4O2. The fourth-order valence-electron chi connectivity index (χ4n) is 0.759. The number of nitro groups is 1. The Balaban J connectivity index is 2.96. The fourth-order valence-corrected chi connectivity index (χ4v) is 1.23. The standard InChI is InChI=1S/C5H7BrN4O2/c1-2-3-9-4(6)5(7-8-9)10(11)12/h2-3H2,1H3. The third-order valence-electron chi connectivity index (χ3n) is 1.27. The van der Waals surface area contributed by atoms with Gasteiger partial charge in [-0.3, -0.25) is 0 Å². The molecule has 0 aliphatic carbocycles. The van der Waals surface area contributed by atoms with Crippen LogP contribution in [0.3, 0.4) is 0 Å². The molecule has 0 amide bonds. The van der Waals surface area contributed by atoms with Crippen LogP contribution in [0.1, 0.15) is 13.3 Å². The molecule has 0 aromatic carbocycles. The molecule has 1 aromatic rings. The maximum Gasteiger partial charge on any atom is 0.425 e. The molecule has 0 fully saturated rings. The van der Waals surface area contributed by atoms with Crippen molar-refractivity contribution in [3.8, 4) is 0 Å². The number of aromatic nitrogens is 3. The van der Waals surface area contributed by atoms with Gasteiger partial charge in [0.25, 0.3) is 0 Å². The van der Waals surface area contributed by atoms with Crippen LogP contribution in [-0.2, 0) is 6.54 Å². The molecule has 0 unspecified atom stereocenters. The Morgan fingerprint density at radius 1 is 1.75 bits per heavy atom. The van der Waals surface area contributed by atoms with Crippen LogP contribution in [0.2, 0.25) is 0 Å². The van der Waals surface area contributed by atoms with E-state index in [4.69, 9.17) is 0 Å². The van der Waals surface area contributed by atoms with Crippen molar-refractivity contribution < 1.29 is 4.92 Å². The molecule has 1 aromatic heterocycles. The Bertz CT molecular complexity index is 298. The molecule has 0 aliphatic rings. The number of nitrogens with zero attached hydrogens (tertiary/aromatic N) is 4. The molecule has 0 radical (unpaired) electrons. The summed E-state index contributed by atoms with van der Waals surface area (Å²) in [6.07, 6.45) is 0.860. The lowest BCUT2D eigenvalue weighted by Gasteiger charge is -1.94. The maximum absolute atomic E-state index is 10.3. The first kappa shape index (κ1) is 9.11. The van der Waals surface area contributed by atoms with Crippen LogP contribution in [-0.4, -0.2) is 19.9 Å². The van der Waals surface area contributed by atoms with E-state index in [1.807, 2.05) is 6.92 Å². The molecule has 0 aliphatic heterocycles. The predicted octanol–water partition coefficient (Wildman–Crippen LogP) is 1.36. The summed E-state index contributed by atoms with van der Waals surface area (Å²) in [5, 5.41) is 17.3. The summed E-state index contributed by atoms with van der Waals surface area (Å²) in [4.78, 5) is 9.73. The molecule has 6 nitrogen and oxygen atoms in total. The number of halogens is 1. The van der Waals surface area contributed by atoms with Crippen molar-refractivity contribution in [2.75, 3.05) is 0 Å². The van der Waals surface area contributed by atoms with E-state index in [1.165, 1.54) is 4.68 Å². The van der Waals surface area contributed by atoms with Gasteiger partial charge < -0.3 is 10.1 Å². The summed E-state index contributed by atoms with van der Waals surface area (Å²) in [5.41, 5.74) is 0. The molecule has 66 valence electrons. The van der Waals surface area contributed by atoms with Crippen molar-refractivity contribution in [1.29, 1.82) is 0 Å². The highest BCUT2D eigenvalue weighted by Crippen LogP contribution is 2.20. The third kappa shape index (κ3) is 1.60. The first-order valence-electron chi connectivity index (χ1n) is 3.40. The third-order valence-corrected chi connectivity index (χ3v) is 2.03. The molecule has 0 saturated heterocycles. The second kappa shape index (κ2) is 3.61. The average molecular weight is 235 g/mol. The van der Waals surface area contributed by atoms with Gasteiger partial charge in [-0.1, -0.05) is 6.92 Å². The van der Waals surface area contributed by atoms with Crippen molar-refractivity contribution in [1.82, 2.24) is 15.0 Å². The van der Waals surface area contributed by atoms with Crippen LogP contribution in [0.4, 0.5) is 5.82 Å². The van der Waals surface area contributed by atoms with E-state index in [2.05, 4.69) is 26.2 Å². The first-order valence-corrected chi connectivity index (χ1v) is 4.19. The lowest BCUT2D eigenvalue weighted by atomic mass is 10.5. The lowest BCUT2D eigenvalue weighted by Crippen LogP contribution is -1.99. The van der Waals surface area contributed by atoms with Crippen molar-refractivity contribution in [2.24, 2.45) is 0 Å². The summed E-state index contributed by atoms with van der Waals surface area (Å²) in [6, 6.07) is 0. The summed E-state index contributed by atoms with van der Waals surface area (Å²) in [7, 11) is 0. The maximum atomic E-state index is 10.3. The summed E-state index contributed by atoms with van der Waals surface area (Å²) in [5.74, 6) is -0.233. The quantitative estimate of drug-likeness (QED) is 0.585. The highest BCUT2D eigenvalue weighted by atomic mass is 79.9. The van der Waals surface area contributed by atoms with Gasteiger partial charge in [0.2, 0.25) is 4.60 Å². The van der Waals surface area contributed by atoms with Gasteiger partial charge in [-0.05, 0) is 27.3 Å². The van der Waals surface area contributed by atoms with Gasteiger partial charge in [-0.2, -0.15) is 0 Å². The summed E-state index contributed by atoms with van der Waals surface area (Å²) in [6.45, 7) is 2.58. The number of aryl methyl sites for hydroxylation is 1. The number of hydrogen-bond donors (Lipinski definition) is 0. The van der Waals surface area contributed by atoms with Crippen LogP contribution in [0.15, 0.2) is 4.60 Å². The van der Waals surface area contributed by atoms with Gasteiger partial charge in [-0.15, -0.1) is 0 Å². The van der Waals surface area contributed by atoms with E-state index in [1.54, 1.807) is 0 Å². The van der Waals surface area contributed by atoms with Crippen molar-refractivity contribution in [3.05, 3.63) is 14.7 Å². The monoisotopic (exact) mass is 234 g/mol. The Kier molecular flexibility index (Phi) is 2.74. The molecule has 1 rings (SSSR count). The highest BCUT2D eigenvalue weighted by Gasteiger charge is 2.20. The van der Waals surface area contributed by atoms with Gasteiger partial charge in [0, 0.05) is 6.54 Å². The van der Waals surface area contributed by atoms with E-state index in [0.29, 0.717) is 11.1 Å². The average Bonchev–Trinajstić information content (AvgIpc) is 2.34. The molecule has 0 atom stereocenters. The van der Waals surface area contributed by atoms with E-state index >= 15 is 0 Å². The van der Waals surface area contributed by atoms with Gasteiger partial charge in [0.1, 0.15) is 5.10 Å². The Hall–Kier alpha value is -0.980. The predicted molar refractivity (Wildman–Crippen MR) is 44.7 cm³/mol. The SMILES string of the molecule is CCCn1nnc([N+](=O)[O-])c1Br. The zero-order valence-electron chi connectivity index (χ0n) is 6.40. The van der Waals surface area contributed by atoms with Crippen LogP contribution in [0.25, 0.3) is 0 Å². The Morgan fingerprint density at radius 2 is 2.42 bits per heavy atom. The van der Waals surface area contributed by atoms with Crippen molar-refractivity contribution >= 4 is 21.7 Å². The molecule has 0 spiro atoms. The van der Waals surface area contributed by atoms with Gasteiger partial charge >= 0.3 is 5.82 Å². The Morgan fingerprint density at radius 3 is 2.83 bits per heavy atom. The van der Waals surface area contributed by atoms with E-state index < -0.39 is 4.92 Å². The second-order valence-electron chi connectivity index (χ2n) is 2.18. The minimum absolute atomic E-state index is 0.233. The number of hydrogen-bond acceptors (Lipinski definition) is 4. The second-order valence-corrected chi connectivity index (χ2v) is 2.94. The molecule has 12 heavy (non-hydrogen) atoms. The largest absolute Gasteiger partial charge is 0.425 e. The molecule has 7 heteroatoms. The molecule has 1 heterocycles. The van der Waals surface area contributed by atoms with Crippen molar-refractivity contribution in [3.63, 3.8) is 0 Å². The smallest absolute Gasteiger partial charge is 0.358 e. The normalized spacial score (nSPS) is 10.2. The van der Waals surface area contributed by atoms with Crippen LogP contribution in [0, 0.1) is 10.1 Å². The lowest BCUT2D eigenvalue weighted by molar-refractivity contribution is -0.390. The molecule has 0 saturated carbocycles. The van der Waals surface area contributed by atoms with Crippen molar-refractivity contribution in [2.45, 2.75) is 19.9 Å². The number of rotatable bonds is 3. The summed E-state index contributed by atoms with van der Waals surface area (Å²) >= 11 is 3.05.